The molecule has 0 aromatic rings. The van der Waals surface area contributed by atoms with Crippen LogP contribution >= 0.6 is 0 Å². The van der Waals surface area contributed by atoms with Crippen LogP contribution in [-0.4, -0.2) is 35.2 Å². The predicted octanol–water partition coefficient (Wildman–Crippen LogP) is 1.14. The van der Waals surface area contributed by atoms with Crippen molar-refractivity contribution in [1.82, 2.24) is 0 Å². The maximum absolute atomic E-state index is 5.65. The summed E-state index contributed by atoms with van der Waals surface area (Å²) in [6.45, 7) is 8.44. The first-order valence-electron chi connectivity index (χ1n) is 5.36. The predicted molar refractivity (Wildman–Crippen MR) is 60.5 cm³/mol. The quantitative estimate of drug-likeness (QED) is 0.644. The van der Waals surface area contributed by atoms with Crippen LogP contribution in [0, 0.1) is 0 Å². The van der Waals surface area contributed by atoms with E-state index in [4.69, 9.17) is 19.0 Å². The minimum absolute atomic E-state index is 0. The van der Waals surface area contributed by atoms with E-state index < -0.39 is 8.80 Å². The maximum atomic E-state index is 5.65. The number of hydrogen-bond acceptors (Lipinski definition) is 4. The van der Waals surface area contributed by atoms with Gasteiger partial charge in [0.2, 0.25) is 0 Å². The molecule has 17 heavy (non-hydrogen) atoms. The van der Waals surface area contributed by atoms with E-state index in [-0.39, 0.29) is 32.7 Å². The molecule has 0 atom stereocenters. The molecule has 6 nitrogen and oxygen atoms in total. The average molecular weight is 301 g/mol. The van der Waals surface area contributed by atoms with Gasteiger partial charge in [0.25, 0.3) is 0 Å². The first-order valence-corrected chi connectivity index (χ1v) is 7.29. The Kier molecular flexibility index (Phi) is 25.8. The smallest absolute Gasteiger partial charge is 2.00 e. The number of rotatable bonds is 9. The monoisotopic (exact) mass is 301 g/mol. The van der Waals surface area contributed by atoms with Crippen LogP contribution in [0.3, 0.4) is 0 Å². The fourth-order valence-electron chi connectivity index (χ4n) is 1.32. The van der Waals surface area contributed by atoms with Gasteiger partial charge in [-0.2, -0.15) is 0 Å². The zero-order chi connectivity index (χ0) is 10.9. The molecule has 0 fully saturated rings. The van der Waals surface area contributed by atoms with E-state index in [1.54, 1.807) is 0 Å². The Bertz CT molecular complexity index is 128. The average Bonchev–Trinajstić information content (AvgIpc) is 2.16. The molecule has 0 amide bonds. The van der Waals surface area contributed by atoms with E-state index in [0.717, 1.165) is 12.5 Å². The molecule has 2 N–H and O–H groups in total. The Morgan fingerprint density at radius 1 is 0.882 bits per heavy atom. The molecule has 102 valence electrons. The molecule has 0 rings (SSSR count). The van der Waals surface area contributed by atoms with Crippen molar-refractivity contribution in [3.05, 3.63) is 0 Å². The molecule has 0 heterocycles. The van der Waals surface area contributed by atoms with Gasteiger partial charge in [0, 0.05) is 25.9 Å². The van der Waals surface area contributed by atoms with Crippen molar-refractivity contribution in [2.45, 2.75) is 33.2 Å². The zero-order valence-corrected chi connectivity index (χ0v) is 13.4. The molecule has 0 unspecified atom stereocenters. The largest absolute Gasteiger partial charge is 4.00 e. The second-order valence-corrected chi connectivity index (χ2v) is 5.61. The van der Waals surface area contributed by atoms with Gasteiger partial charge in [-0.15, -0.1) is 0 Å². The van der Waals surface area contributed by atoms with Crippen molar-refractivity contribution in [2.24, 2.45) is 5.73 Å². The third-order valence-electron chi connectivity index (χ3n) is 1.78. The Balaban J connectivity index is -0.000000282. The van der Waals surface area contributed by atoms with E-state index in [1.165, 1.54) is 0 Å². The molecule has 0 aliphatic carbocycles. The minimum Gasteiger partial charge on any atom is -2.00 e. The molecular weight excluding hydrogens is 278 g/mol. The Morgan fingerprint density at radius 2 is 1.24 bits per heavy atom. The third-order valence-corrected chi connectivity index (χ3v) is 4.93. The van der Waals surface area contributed by atoms with E-state index in [1.807, 2.05) is 20.8 Å². The Morgan fingerprint density at radius 3 is 1.47 bits per heavy atom. The topological polar surface area (TPSA) is 111 Å². The summed E-state index contributed by atoms with van der Waals surface area (Å²) in [6, 6.07) is 0.818. The van der Waals surface area contributed by atoms with Gasteiger partial charge in [-0.05, 0) is 33.7 Å². The van der Waals surface area contributed by atoms with Crippen molar-refractivity contribution in [1.29, 1.82) is 0 Å². The van der Waals surface area contributed by atoms with Gasteiger partial charge in [0.1, 0.15) is 0 Å². The number of nitrogens with two attached hydrogens (primary N) is 1. The number of hydrogen-bond donors (Lipinski definition) is 1. The van der Waals surface area contributed by atoms with Crippen molar-refractivity contribution < 1.29 is 45.9 Å². The van der Waals surface area contributed by atoms with Crippen LogP contribution in [0.2, 0.25) is 6.04 Å². The fourth-order valence-corrected chi connectivity index (χ4v) is 3.96. The van der Waals surface area contributed by atoms with Crippen LogP contribution in [0.1, 0.15) is 27.2 Å². The minimum atomic E-state index is -2.40. The van der Waals surface area contributed by atoms with Crippen LogP contribution in [0.4, 0.5) is 0 Å². The summed E-state index contributed by atoms with van der Waals surface area (Å²) in [7, 11) is -2.40. The van der Waals surface area contributed by atoms with Gasteiger partial charge in [-0.1, -0.05) is 0 Å². The molecule has 0 saturated heterocycles. The molecule has 0 aromatic carbocycles. The first-order chi connectivity index (χ1) is 6.74. The van der Waals surface area contributed by atoms with Gasteiger partial charge in [-0.25, -0.2) is 0 Å². The third kappa shape index (κ3) is 11.5. The second-order valence-electron chi connectivity index (χ2n) is 2.87. The van der Waals surface area contributed by atoms with Crippen molar-refractivity contribution >= 4 is 8.80 Å². The molecule has 0 spiro atoms. The SMILES string of the molecule is CCO[Si](CCCN)(OCC)OCC.[O-2].[O-2].[Ti+4]. The molecule has 0 bridgehead atoms. The van der Waals surface area contributed by atoms with Crippen LogP contribution in [0.15, 0.2) is 0 Å². The maximum Gasteiger partial charge on any atom is 4.00 e. The normalized spacial score (nSPS) is 9.88. The summed E-state index contributed by atoms with van der Waals surface area (Å²) in [4.78, 5) is 0. The van der Waals surface area contributed by atoms with Gasteiger partial charge >= 0.3 is 30.5 Å². The van der Waals surface area contributed by atoms with E-state index >= 15 is 0 Å². The standard InChI is InChI=1S/C9H23NO3Si.2O.Ti/c1-4-11-14(12-5-2,13-6-3)9-7-8-10;;;/h4-10H2,1-3H3;;;/q;2*-2;+4. The summed E-state index contributed by atoms with van der Waals surface area (Å²) in [5, 5.41) is 0. The summed E-state index contributed by atoms with van der Waals surface area (Å²) in [5.74, 6) is 0. The van der Waals surface area contributed by atoms with Crippen LogP contribution in [-0.2, 0) is 45.9 Å². The molecule has 0 aromatic heterocycles. The first kappa shape index (κ1) is 26.3. The van der Waals surface area contributed by atoms with Crippen molar-refractivity contribution in [3.8, 4) is 0 Å². The van der Waals surface area contributed by atoms with Gasteiger partial charge in [0.05, 0.1) is 0 Å². The molecule has 8 heteroatoms. The summed E-state index contributed by atoms with van der Waals surface area (Å²) in [6.07, 6.45) is 0.895. The molecular formula is C9H23NO5SiTi. The van der Waals surface area contributed by atoms with E-state index in [2.05, 4.69) is 0 Å². The van der Waals surface area contributed by atoms with E-state index in [0.29, 0.717) is 26.4 Å². The molecule has 0 radical (unpaired) electrons. The second kappa shape index (κ2) is 16.7. The molecule has 0 aliphatic rings. The van der Waals surface area contributed by atoms with Crippen molar-refractivity contribution in [2.75, 3.05) is 26.4 Å². The van der Waals surface area contributed by atoms with E-state index in [9.17, 15) is 0 Å². The van der Waals surface area contributed by atoms with Gasteiger partial charge < -0.3 is 30.0 Å². The van der Waals surface area contributed by atoms with Crippen molar-refractivity contribution in [3.63, 3.8) is 0 Å². The van der Waals surface area contributed by atoms with Crippen LogP contribution in [0.5, 0.6) is 0 Å². The summed E-state index contributed by atoms with van der Waals surface area (Å²) in [5.41, 5.74) is 5.48. The van der Waals surface area contributed by atoms with Crippen LogP contribution in [0.25, 0.3) is 0 Å². The van der Waals surface area contributed by atoms with Gasteiger partial charge in [-0.3, -0.25) is 0 Å². The summed E-state index contributed by atoms with van der Waals surface area (Å²) >= 11 is 0. The Labute approximate surface area is 120 Å². The van der Waals surface area contributed by atoms with Crippen LogP contribution < -0.4 is 5.73 Å². The van der Waals surface area contributed by atoms with Gasteiger partial charge in [0.15, 0.2) is 0 Å². The zero-order valence-electron chi connectivity index (χ0n) is 10.9. The molecule has 0 saturated carbocycles. The Hall–Kier alpha value is 0.691. The fraction of sp³-hybridized carbons (Fsp3) is 1.00. The summed E-state index contributed by atoms with van der Waals surface area (Å²) < 4.78 is 17.0. The molecule has 0 aliphatic heterocycles.